The molecule has 2 rings (SSSR count). The molecule has 2 aromatic rings. The molecule has 1 heterocycles. The van der Waals surface area contributed by atoms with Crippen LogP contribution in [0.25, 0.3) is 0 Å². The van der Waals surface area contributed by atoms with Crippen molar-refractivity contribution in [2.45, 2.75) is 41.2 Å². The third kappa shape index (κ3) is 6.40. The van der Waals surface area contributed by atoms with Crippen molar-refractivity contribution in [3.8, 4) is 17.2 Å². The Morgan fingerprint density at radius 2 is 1.53 bits per heavy atom. The second-order valence-corrected chi connectivity index (χ2v) is 9.79. The second-order valence-electron chi connectivity index (χ2n) is 8.56. The molecule has 0 spiro atoms. The fourth-order valence-electron chi connectivity index (χ4n) is 2.93. The van der Waals surface area contributed by atoms with Crippen LogP contribution in [0.15, 0.2) is 12.1 Å². The highest BCUT2D eigenvalue weighted by atomic mass is 32.1. The van der Waals surface area contributed by atoms with Gasteiger partial charge in [-0.2, -0.15) is 0 Å². The molecule has 1 aromatic heterocycles. The highest BCUT2D eigenvalue weighted by Gasteiger charge is 2.27. The van der Waals surface area contributed by atoms with Crippen molar-refractivity contribution in [1.82, 2.24) is 5.32 Å². The monoisotopic (exact) mass is 492 g/mol. The van der Waals surface area contributed by atoms with Crippen LogP contribution in [-0.4, -0.2) is 45.7 Å². The molecule has 0 saturated heterocycles. The van der Waals surface area contributed by atoms with E-state index in [1.807, 2.05) is 6.92 Å². The van der Waals surface area contributed by atoms with E-state index in [1.165, 1.54) is 32.7 Å². The highest BCUT2D eigenvalue weighted by molar-refractivity contribution is 7.16. The van der Waals surface area contributed by atoms with Crippen LogP contribution in [0.1, 0.15) is 47.1 Å². The van der Waals surface area contributed by atoms with Crippen molar-refractivity contribution in [1.29, 1.82) is 0 Å². The minimum absolute atomic E-state index is 0.128. The Morgan fingerprint density at radius 1 is 0.941 bits per heavy atom. The van der Waals surface area contributed by atoms with E-state index in [0.717, 1.165) is 4.88 Å². The number of amides is 2. The topological polar surface area (TPSA) is 112 Å². The van der Waals surface area contributed by atoms with E-state index < -0.39 is 23.9 Å². The van der Waals surface area contributed by atoms with E-state index in [4.69, 9.17) is 18.9 Å². The van der Waals surface area contributed by atoms with Crippen LogP contribution < -0.4 is 24.8 Å². The predicted molar refractivity (Wildman–Crippen MR) is 130 cm³/mol. The van der Waals surface area contributed by atoms with Crippen molar-refractivity contribution in [3.05, 3.63) is 33.7 Å². The van der Waals surface area contributed by atoms with Gasteiger partial charge in [0.05, 0.1) is 26.9 Å². The van der Waals surface area contributed by atoms with Gasteiger partial charge in [0.15, 0.2) is 18.1 Å². The summed E-state index contributed by atoms with van der Waals surface area (Å²) in [4.78, 5) is 38.4. The molecule has 186 valence electrons. The molecule has 2 amide bonds. The number of thiophene rings is 1. The fraction of sp³-hybridized carbons (Fsp3) is 0.458. The maximum atomic E-state index is 12.8. The molecule has 0 unspecified atom stereocenters. The van der Waals surface area contributed by atoms with Crippen LogP contribution >= 0.6 is 11.3 Å². The summed E-state index contributed by atoms with van der Waals surface area (Å²) >= 11 is 1.30. The number of anilines is 1. The first kappa shape index (κ1) is 27.0. The number of hydrogen-bond donors (Lipinski definition) is 2. The molecular weight excluding hydrogens is 460 g/mol. The van der Waals surface area contributed by atoms with Gasteiger partial charge in [0.25, 0.3) is 5.91 Å². The Kier molecular flexibility index (Phi) is 8.92. The molecule has 0 aliphatic carbocycles. The summed E-state index contributed by atoms with van der Waals surface area (Å²) < 4.78 is 21.1. The standard InChI is InChI=1S/C24H32N2O7S/c1-13-14(2)34-21(26-23(29)24(3,4)5)20(13)22(28)33-12-19(27)25-11-15-9-17(31-7)18(32-8)10-16(15)30-6/h9-10H,11-12H2,1-8H3,(H,25,27)(H,26,29). The maximum absolute atomic E-state index is 12.8. The van der Waals surface area contributed by atoms with Gasteiger partial charge in [0.1, 0.15) is 10.8 Å². The molecule has 2 N–H and O–H groups in total. The zero-order chi connectivity index (χ0) is 25.6. The molecule has 0 aliphatic heterocycles. The summed E-state index contributed by atoms with van der Waals surface area (Å²) in [6.07, 6.45) is 0. The Labute approximate surface area is 203 Å². The fourth-order valence-corrected chi connectivity index (χ4v) is 3.97. The minimum atomic E-state index is -0.676. The van der Waals surface area contributed by atoms with Crippen LogP contribution in [-0.2, 0) is 20.9 Å². The predicted octanol–water partition coefficient (Wildman–Crippen LogP) is 3.85. The van der Waals surface area contributed by atoms with Crippen LogP contribution in [0.2, 0.25) is 0 Å². The zero-order valence-electron chi connectivity index (χ0n) is 20.8. The van der Waals surface area contributed by atoms with E-state index in [1.54, 1.807) is 39.8 Å². The SMILES string of the molecule is COc1cc(OC)c(OC)cc1CNC(=O)COC(=O)c1c(NC(=O)C(C)(C)C)sc(C)c1C. The van der Waals surface area contributed by atoms with Gasteiger partial charge < -0.3 is 29.6 Å². The number of carbonyl (C=O) groups is 3. The first-order valence-corrected chi connectivity index (χ1v) is 11.4. The van der Waals surface area contributed by atoms with Crippen LogP contribution in [0, 0.1) is 19.3 Å². The first-order chi connectivity index (χ1) is 15.9. The number of hydrogen-bond acceptors (Lipinski definition) is 8. The van der Waals surface area contributed by atoms with E-state index in [9.17, 15) is 14.4 Å². The van der Waals surface area contributed by atoms with Crippen LogP contribution in [0.3, 0.4) is 0 Å². The molecule has 0 bridgehead atoms. The molecule has 1 aromatic carbocycles. The Hall–Kier alpha value is -3.27. The van der Waals surface area contributed by atoms with E-state index in [2.05, 4.69) is 10.6 Å². The lowest BCUT2D eigenvalue weighted by Gasteiger charge is -2.17. The van der Waals surface area contributed by atoms with Crippen molar-refractivity contribution in [3.63, 3.8) is 0 Å². The second kappa shape index (κ2) is 11.2. The van der Waals surface area contributed by atoms with Crippen molar-refractivity contribution >= 4 is 34.1 Å². The molecular formula is C24H32N2O7S. The smallest absolute Gasteiger partial charge is 0.341 e. The van der Waals surface area contributed by atoms with Gasteiger partial charge in [-0.25, -0.2) is 4.79 Å². The lowest BCUT2D eigenvalue weighted by molar-refractivity contribution is -0.124. The molecule has 34 heavy (non-hydrogen) atoms. The molecule has 9 nitrogen and oxygen atoms in total. The largest absolute Gasteiger partial charge is 0.496 e. The number of benzene rings is 1. The first-order valence-electron chi connectivity index (χ1n) is 10.6. The zero-order valence-corrected chi connectivity index (χ0v) is 21.7. The van der Waals surface area contributed by atoms with Crippen molar-refractivity contribution in [2.75, 3.05) is 33.3 Å². The third-order valence-electron chi connectivity index (χ3n) is 5.09. The molecule has 0 radical (unpaired) electrons. The number of carbonyl (C=O) groups excluding carboxylic acids is 3. The number of methoxy groups -OCH3 is 3. The van der Waals surface area contributed by atoms with Gasteiger partial charge in [0.2, 0.25) is 5.91 Å². The summed E-state index contributed by atoms with van der Waals surface area (Å²) in [5.41, 5.74) is 0.998. The number of rotatable bonds is 9. The minimum Gasteiger partial charge on any atom is -0.496 e. The molecule has 10 heteroatoms. The molecule has 0 saturated carbocycles. The van der Waals surface area contributed by atoms with Crippen molar-refractivity contribution < 1.29 is 33.3 Å². The average molecular weight is 493 g/mol. The Balaban J connectivity index is 2.05. The molecule has 0 fully saturated rings. The average Bonchev–Trinajstić information content (AvgIpc) is 3.07. The van der Waals surface area contributed by atoms with Gasteiger partial charge in [-0.1, -0.05) is 20.8 Å². The highest BCUT2D eigenvalue weighted by Crippen LogP contribution is 2.35. The maximum Gasteiger partial charge on any atom is 0.341 e. The van der Waals surface area contributed by atoms with Crippen LogP contribution in [0.4, 0.5) is 5.00 Å². The number of esters is 1. The molecule has 0 atom stereocenters. The molecule has 0 aliphatic rings. The third-order valence-corrected chi connectivity index (χ3v) is 6.22. The number of nitrogens with one attached hydrogen (secondary N) is 2. The summed E-state index contributed by atoms with van der Waals surface area (Å²) in [6.45, 7) is 8.63. The summed E-state index contributed by atoms with van der Waals surface area (Å²) in [7, 11) is 4.54. The van der Waals surface area contributed by atoms with Gasteiger partial charge in [0, 0.05) is 28.5 Å². The Bertz CT molecular complexity index is 1070. The van der Waals surface area contributed by atoms with E-state index in [0.29, 0.717) is 33.4 Å². The van der Waals surface area contributed by atoms with Crippen molar-refractivity contribution in [2.24, 2.45) is 5.41 Å². The summed E-state index contributed by atoms with van der Waals surface area (Å²) in [5.74, 6) is 0.120. The Morgan fingerprint density at radius 3 is 2.09 bits per heavy atom. The van der Waals surface area contributed by atoms with Gasteiger partial charge >= 0.3 is 5.97 Å². The van der Waals surface area contributed by atoms with E-state index >= 15 is 0 Å². The van der Waals surface area contributed by atoms with Gasteiger partial charge in [-0.15, -0.1) is 11.3 Å². The van der Waals surface area contributed by atoms with Gasteiger partial charge in [-0.05, 0) is 25.5 Å². The van der Waals surface area contributed by atoms with Gasteiger partial charge in [-0.3, -0.25) is 9.59 Å². The summed E-state index contributed by atoms with van der Waals surface area (Å²) in [5, 5.41) is 5.91. The quantitative estimate of drug-likeness (QED) is 0.511. The summed E-state index contributed by atoms with van der Waals surface area (Å²) in [6, 6.07) is 3.36. The number of aryl methyl sites for hydroxylation is 1. The number of ether oxygens (including phenoxy) is 4. The van der Waals surface area contributed by atoms with E-state index in [-0.39, 0.29) is 18.0 Å². The normalized spacial score (nSPS) is 10.9. The van der Waals surface area contributed by atoms with Crippen LogP contribution in [0.5, 0.6) is 17.2 Å². The lowest BCUT2D eigenvalue weighted by atomic mass is 9.96. The lowest BCUT2D eigenvalue weighted by Crippen LogP contribution is -2.29.